The smallest absolute Gasteiger partial charge is 0.163 e. The van der Waals surface area contributed by atoms with Gasteiger partial charge in [-0.1, -0.05) is 23.7 Å². The van der Waals surface area contributed by atoms with Gasteiger partial charge in [0, 0.05) is 12.1 Å². The molecule has 8 heteroatoms. The van der Waals surface area contributed by atoms with Crippen LogP contribution in [0.4, 0.5) is 11.5 Å². The number of nitrogens with zero attached hydrogens (tertiary/aromatic N) is 3. The first-order valence-corrected chi connectivity index (χ1v) is 9.45. The van der Waals surface area contributed by atoms with Gasteiger partial charge in [-0.2, -0.15) is 0 Å². The minimum Gasteiger partial charge on any atom is -0.493 e. The lowest BCUT2D eigenvalue weighted by Gasteiger charge is -2.16. The van der Waals surface area contributed by atoms with Gasteiger partial charge in [-0.05, 0) is 25.5 Å². The highest BCUT2D eigenvalue weighted by atomic mass is 35.5. The van der Waals surface area contributed by atoms with Crippen LogP contribution in [0.2, 0.25) is 5.02 Å². The van der Waals surface area contributed by atoms with Crippen molar-refractivity contribution in [2.24, 2.45) is 0 Å². The van der Waals surface area contributed by atoms with Crippen molar-refractivity contribution in [3.8, 4) is 11.5 Å². The topological polar surface area (TPSA) is 80.9 Å². The third-order valence-corrected chi connectivity index (χ3v) is 5.14. The van der Waals surface area contributed by atoms with Crippen LogP contribution >= 0.6 is 11.6 Å². The summed E-state index contributed by atoms with van der Waals surface area (Å²) in [5.74, 6) is 2.19. The van der Waals surface area contributed by atoms with Crippen LogP contribution in [0.3, 0.4) is 0 Å². The van der Waals surface area contributed by atoms with E-state index in [2.05, 4.69) is 10.3 Å². The van der Waals surface area contributed by atoms with E-state index < -0.39 is 6.10 Å². The summed E-state index contributed by atoms with van der Waals surface area (Å²) in [6.07, 6.45) is 0.908. The van der Waals surface area contributed by atoms with Gasteiger partial charge < -0.3 is 19.9 Å². The molecule has 0 aliphatic rings. The second kappa shape index (κ2) is 7.42. The van der Waals surface area contributed by atoms with E-state index in [1.165, 1.54) is 0 Å². The van der Waals surface area contributed by atoms with E-state index in [1.807, 2.05) is 35.6 Å². The van der Waals surface area contributed by atoms with Crippen LogP contribution < -0.4 is 14.8 Å². The van der Waals surface area contributed by atoms with Gasteiger partial charge in [-0.3, -0.25) is 4.40 Å². The molecule has 7 nitrogen and oxygen atoms in total. The Morgan fingerprint density at radius 2 is 1.86 bits per heavy atom. The van der Waals surface area contributed by atoms with Crippen LogP contribution in [-0.4, -0.2) is 33.7 Å². The number of aliphatic hydroxyl groups excluding tert-OH is 1. The molecule has 29 heavy (non-hydrogen) atoms. The molecule has 4 rings (SSSR count). The number of hydrogen-bond donors (Lipinski definition) is 2. The number of rotatable bonds is 5. The first kappa shape index (κ1) is 19.3. The normalized spacial score (nSPS) is 12.3. The van der Waals surface area contributed by atoms with Crippen LogP contribution in [0.1, 0.15) is 24.4 Å². The monoisotopic (exact) mass is 412 g/mol. The second-order valence-corrected chi connectivity index (χ2v) is 7.13. The Labute approximate surface area is 172 Å². The van der Waals surface area contributed by atoms with Gasteiger partial charge in [0.2, 0.25) is 0 Å². The highest BCUT2D eigenvalue weighted by Gasteiger charge is 2.19. The summed E-state index contributed by atoms with van der Waals surface area (Å²) in [6, 6.07) is 9.31. The van der Waals surface area contributed by atoms with Crippen molar-refractivity contribution >= 4 is 39.7 Å². The van der Waals surface area contributed by atoms with Crippen molar-refractivity contribution < 1.29 is 14.6 Å². The van der Waals surface area contributed by atoms with Crippen molar-refractivity contribution in [2.75, 3.05) is 19.5 Å². The number of aryl methyl sites for hydroxylation is 1. The molecule has 0 amide bonds. The zero-order valence-electron chi connectivity index (χ0n) is 16.5. The van der Waals surface area contributed by atoms with Gasteiger partial charge in [-0.25, -0.2) is 9.97 Å². The molecule has 0 fully saturated rings. The minimum atomic E-state index is -0.772. The standard InChI is InChI=1S/C21H21ClN4O3/c1-11-6-5-7-13(22)19(11)25-20-16-10-23-21(12(2)27)26(16)15-9-18(29-4)17(28-3)8-14(15)24-20/h5-10,12,27H,1-4H3,(H,24,25). The molecule has 0 aliphatic heterocycles. The molecule has 0 saturated heterocycles. The lowest BCUT2D eigenvalue weighted by Crippen LogP contribution is -2.05. The molecular weight excluding hydrogens is 392 g/mol. The van der Waals surface area contributed by atoms with Crippen LogP contribution in [0.25, 0.3) is 16.6 Å². The molecule has 2 N–H and O–H groups in total. The lowest BCUT2D eigenvalue weighted by atomic mass is 10.2. The lowest BCUT2D eigenvalue weighted by molar-refractivity contribution is 0.189. The fraction of sp³-hybridized carbons (Fsp3) is 0.238. The summed E-state index contributed by atoms with van der Waals surface area (Å²) in [4.78, 5) is 9.21. The average Bonchev–Trinajstić information content (AvgIpc) is 3.15. The summed E-state index contributed by atoms with van der Waals surface area (Å²) in [5, 5.41) is 14.2. The van der Waals surface area contributed by atoms with Gasteiger partial charge in [0.15, 0.2) is 17.3 Å². The Morgan fingerprint density at radius 1 is 1.14 bits per heavy atom. The highest BCUT2D eigenvalue weighted by molar-refractivity contribution is 6.33. The molecular formula is C21H21ClN4O3. The number of imidazole rings is 1. The van der Waals surface area contributed by atoms with Gasteiger partial charge in [0.25, 0.3) is 0 Å². The Morgan fingerprint density at radius 3 is 2.52 bits per heavy atom. The molecule has 150 valence electrons. The second-order valence-electron chi connectivity index (χ2n) is 6.73. The van der Waals surface area contributed by atoms with Gasteiger partial charge >= 0.3 is 0 Å². The number of fused-ring (bicyclic) bond motifs is 3. The number of nitrogens with one attached hydrogen (secondary N) is 1. The number of halogens is 1. The number of aliphatic hydroxyl groups is 1. The number of aromatic nitrogens is 3. The Bertz CT molecular complexity index is 1200. The average molecular weight is 413 g/mol. The van der Waals surface area contributed by atoms with E-state index in [4.69, 9.17) is 26.1 Å². The number of methoxy groups -OCH3 is 2. The van der Waals surface area contributed by atoms with Crippen LogP contribution in [0.5, 0.6) is 11.5 Å². The predicted molar refractivity (Wildman–Crippen MR) is 114 cm³/mol. The first-order valence-electron chi connectivity index (χ1n) is 9.08. The molecule has 4 aromatic rings. The van der Waals surface area contributed by atoms with E-state index in [9.17, 15) is 5.11 Å². The first-order chi connectivity index (χ1) is 13.9. The van der Waals surface area contributed by atoms with E-state index >= 15 is 0 Å². The van der Waals surface area contributed by atoms with Crippen molar-refractivity contribution in [1.82, 2.24) is 14.4 Å². The quantitative estimate of drug-likeness (QED) is 0.496. The van der Waals surface area contributed by atoms with Gasteiger partial charge in [0.1, 0.15) is 17.4 Å². The van der Waals surface area contributed by atoms with E-state index in [-0.39, 0.29) is 0 Å². The van der Waals surface area contributed by atoms with Crippen LogP contribution in [0, 0.1) is 6.92 Å². The summed E-state index contributed by atoms with van der Waals surface area (Å²) in [5.41, 5.74) is 3.86. The van der Waals surface area contributed by atoms with Crippen molar-refractivity contribution in [3.05, 3.63) is 52.9 Å². The van der Waals surface area contributed by atoms with Gasteiger partial charge in [0.05, 0.1) is 42.2 Å². The van der Waals surface area contributed by atoms with Crippen molar-refractivity contribution in [3.63, 3.8) is 0 Å². The van der Waals surface area contributed by atoms with Crippen molar-refractivity contribution in [2.45, 2.75) is 20.0 Å². The summed E-state index contributed by atoms with van der Waals surface area (Å²) >= 11 is 6.40. The van der Waals surface area contributed by atoms with E-state index in [1.54, 1.807) is 33.4 Å². The number of para-hydroxylation sites is 1. The number of benzene rings is 2. The van der Waals surface area contributed by atoms with E-state index in [0.29, 0.717) is 39.2 Å². The molecule has 0 radical (unpaired) electrons. The molecule has 0 bridgehead atoms. The maximum Gasteiger partial charge on any atom is 0.163 e. The summed E-state index contributed by atoms with van der Waals surface area (Å²) in [7, 11) is 3.15. The minimum absolute atomic E-state index is 0.499. The third-order valence-electron chi connectivity index (χ3n) is 4.82. The molecule has 0 aliphatic carbocycles. The molecule has 2 aromatic heterocycles. The van der Waals surface area contributed by atoms with Crippen LogP contribution in [0.15, 0.2) is 36.5 Å². The largest absolute Gasteiger partial charge is 0.493 e. The molecule has 2 heterocycles. The summed E-state index contributed by atoms with van der Waals surface area (Å²) in [6.45, 7) is 3.64. The number of ether oxygens (including phenoxy) is 2. The molecule has 0 saturated carbocycles. The molecule has 2 aromatic carbocycles. The maximum atomic E-state index is 10.3. The Hall–Kier alpha value is -3.03. The Balaban J connectivity index is 2.04. The predicted octanol–water partition coefficient (Wildman–Crippen LogP) is 4.66. The molecule has 1 atom stereocenters. The fourth-order valence-corrected chi connectivity index (χ4v) is 3.65. The Kier molecular flexibility index (Phi) is 4.94. The van der Waals surface area contributed by atoms with Crippen molar-refractivity contribution in [1.29, 1.82) is 0 Å². The summed E-state index contributed by atoms with van der Waals surface area (Å²) < 4.78 is 12.7. The molecule has 0 spiro atoms. The number of anilines is 2. The number of hydrogen-bond acceptors (Lipinski definition) is 6. The van der Waals surface area contributed by atoms with Crippen LogP contribution in [-0.2, 0) is 0 Å². The fourth-order valence-electron chi connectivity index (χ4n) is 3.39. The van der Waals surface area contributed by atoms with E-state index in [0.717, 1.165) is 16.8 Å². The zero-order valence-corrected chi connectivity index (χ0v) is 17.3. The third kappa shape index (κ3) is 3.22. The van der Waals surface area contributed by atoms with Gasteiger partial charge in [-0.15, -0.1) is 0 Å². The highest BCUT2D eigenvalue weighted by Crippen LogP contribution is 2.36. The SMILES string of the molecule is COc1cc2nc(Nc3c(C)cccc3Cl)c3cnc(C(C)O)n3c2cc1OC. The maximum absolute atomic E-state index is 10.3. The molecule has 1 unspecified atom stereocenters. The zero-order chi connectivity index (χ0) is 20.7.